The average Bonchev–Trinajstić information content (AvgIpc) is 2.66. The summed E-state index contributed by atoms with van der Waals surface area (Å²) < 4.78 is 0. The van der Waals surface area contributed by atoms with Crippen LogP contribution in [0.1, 0.15) is 28.8 Å². The minimum absolute atomic E-state index is 0.268. The Labute approximate surface area is 152 Å². The fourth-order valence-electron chi connectivity index (χ4n) is 2.51. The van der Waals surface area contributed by atoms with E-state index in [-0.39, 0.29) is 12.5 Å². The molecule has 3 N–H and O–H groups in total. The number of aliphatic carboxylic acids is 1. The molecule has 0 aliphatic heterocycles. The Hall–Kier alpha value is -3.15. The van der Waals surface area contributed by atoms with Crippen LogP contribution in [0, 0.1) is 0 Å². The molecular formula is C20H22N2O4. The van der Waals surface area contributed by atoms with Crippen molar-refractivity contribution < 1.29 is 19.5 Å². The van der Waals surface area contributed by atoms with E-state index in [2.05, 4.69) is 10.6 Å². The Morgan fingerprint density at radius 3 is 2.15 bits per heavy atom. The van der Waals surface area contributed by atoms with Gasteiger partial charge in [0.15, 0.2) is 0 Å². The van der Waals surface area contributed by atoms with E-state index in [1.165, 1.54) is 0 Å². The zero-order valence-electron chi connectivity index (χ0n) is 14.4. The highest BCUT2D eigenvalue weighted by Gasteiger charge is 2.19. The number of nitrogens with one attached hydrogen (secondary N) is 2. The van der Waals surface area contributed by atoms with Gasteiger partial charge in [-0.05, 0) is 37.0 Å². The zero-order valence-corrected chi connectivity index (χ0v) is 14.4. The monoisotopic (exact) mass is 354 g/mol. The van der Waals surface area contributed by atoms with Crippen LogP contribution in [-0.4, -0.2) is 35.5 Å². The highest BCUT2D eigenvalue weighted by Crippen LogP contribution is 2.07. The predicted molar refractivity (Wildman–Crippen MR) is 97.7 cm³/mol. The van der Waals surface area contributed by atoms with Crippen molar-refractivity contribution in [2.75, 3.05) is 6.54 Å². The van der Waals surface area contributed by atoms with E-state index >= 15 is 0 Å². The minimum atomic E-state index is -1.08. The maximum atomic E-state index is 11.9. The number of rotatable bonds is 9. The molecule has 0 unspecified atom stereocenters. The van der Waals surface area contributed by atoms with E-state index in [1.54, 1.807) is 30.3 Å². The number of benzene rings is 2. The minimum Gasteiger partial charge on any atom is -0.480 e. The van der Waals surface area contributed by atoms with E-state index in [4.69, 9.17) is 0 Å². The fourth-order valence-corrected chi connectivity index (χ4v) is 2.51. The quantitative estimate of drug-likeness (QED) is 0.642. The molecule has 2 aromatic rings. The molecule has 0 aromatic heterocycles. The van der Waals surface area contributed by atoms with E-state index in [0.29, 0.717) is 18.4 Å². The molecule has 0 aliphatic carbocycles. The van der Waals surface area contributed by atoms with Crippen LogP contribution in [0.3, 0.4) is 0 Å². The topological polar surface area (TPSA) is 95.5 Å². The standard InChI is InChI=1S/C20H22N2O4/c23-18(14-21-19(24)16-11-5-2-6-12-16)22-17(20(25)26)13-7-10-15-8-3-1-4-9-15/h1-6,8-9,11-12,17H,7,10,13-14H2,(H,21,24)(H,22,23)(H,25,26)/t17-/m0/s1. The van der Waals surface area contributed by atoms with Crippen molar-refractivity contribution in [1.29, 1.82) is 0 Å². The summed E-state index contributed by atoms with van der Waals surface area (Å²) >= 11 is 0. The average molecular weight is 354 g/mol. The molecule has 26 heavy (non-hydrogen) atoms. The summed E-state index contributed by atoms with van der Waals surface area (Å²) in [7, 11) is 0. The molecule has 0 bridgehead atoms. The van der Waals surface area contributed by atoms with Crippen molar-refractivity contribution in [3.8, 4) is 0 Å². The number of carbonyl (C=O) groups excluding carboxylic acids is 2. The van der Waals surface area contributed by atoms with Gasteiger partial charge in [0.05, 0.1) is 6.54 Å². The summed E-state index contributed by atoms with van der Waals surface area (Å²) in [5.74, 6) is -1.99. The Morgan fingerprint density at radius 2 is 1.54 bits per heavy atom. The molecule has 0 aliphatic rings. The van der Waals surface area contributed by atoms with Crippen LogP contribution in [0.15, 0.2) is 60.7 Å². The molecule has 0 saturated carbocycles. The number of carbonyl (C=O) groups is 3. The first-order valence-corrected chi connectivity index (χ1v) is 8.45. The first kappa shape index (κ1) is 19.2. The number of amides is 2. The molecule has 1 atom stereocenters. The second-order valence-corrected chi connectivity index (χ2v) is 5.88. The van der Waals surface area contributed by atoms with Gasteiger partial charge in [-0.3, -0.25) is 9.59 Å². The smallest absolute Gasteiger partial charge is 0.326 e. The van der Waals surface area contributed by atoms with E-state index in [9.17, 15) is 19.5 Å². The lowest BCUT2D eigenvalue weighted by atomic mass is 10.0. The van der Waals surface area contributed by atoms with E-state index in [0.717, 1.165) is 12.0 Å². The largest absolute Gasteiger partial charge is 0.480 e. The van der Waals surface area contributed by atoms with Gasteiger partial charge < -0.3 is 15.7 Å². The highest BCUT2D eigenvalue weighted by atomic mass is 16.4. The molecule has 6 nitrogen and oxygen atoms in total. The maximum Gasteiger partial charge on any atom is 0.326 e. The third-order valence-electron chi connectivity index (χ3n) is 3.88. The number of carboxylic acid groups (broad SMARTS) is 1. The van der Waals surface area contributed by atoms with Gasteiger partial charge in [0, 0.05) is 5.56 Å². The van der Waals surface area contributed by atoms with Crippen molar-refractivity contribution >= 4 is 17.8 Å². The van der Waals surface area contributed by atoms with Gasteiger partial charge in [0.1, 0.15) is 6.04 Å². The third-order valence-corrected chi connectivity index (χ3v) is 3.88. The van der Waals surface area contributed by atoms with Gasteiger partial charge in [-0.15, -0.1) is 0 Å². The lowest BCUT2D eigenvalue weighted by Crippen LogP contribution is -2.45. The van der Waals surface area contributed by atoms with Crippen LogP contribution < -0.4 is 10.6 Å². The van der Waals surface area contributed by atoms with Crippen molar-refractivity contribution in [2.45, 2.75) is 25.3 Å². The lowest BCUT2D eigenvalue weighted by molar-refractivity contribution is -0.141. The van der Waals surface area contributed by atoms with Crippen LogP contribution in [0.25, 0.3) is 0 Å². The van der Waals surface area contributed by atoms with Gasteiger partial charge in [-0.25, -0.2) is 4.79 Å². The molecule has 2 aromatic carbocycles. The molecule has 136 valence electrons. The van der Waals surface area contributed by atoms with Crippen molar-refractivity contribution in [3.63, 3.8) is 0 Å². The first-order valence-electron chi connectivity index (χ1n) is 8.45. The third kappa shape index (κ3) is 6.39. The Bertz CT molecular complexity index is 732. The fraction of sp³-hybridized carbons (Fsp3) is 0.250. The summed E-state index contributed by atoms with van der Waals surface area (Å²) in [6, 6.07) is 17.3. The molecular weight excluding hydrogens is 332 g/mol. The first-order chi connectivity index (χ1) is 12.6. The second kappa shape index (κ2) is 9.98. The zero-order chi connectivity index (χ0) is 18.8. The predicted octanol–water partition coefficient (Wildman–Crippen LogP) is 2.01. The van der Waals surface area contributed by atoms with Crippen LogP contribution in [0.4, 0.5) is 0 Å². The summed E-state index contributed by atoms with van der Waals surface area (Å²) in [6.07, 6.45) is 1.70. The van der Waals surface area contributed by atoms with E-state index < -0.39 is 17.9 Å². The molecule has 2 rings (SSSR count). The van der Waals surface area contributed by atoms with Gasteiger partial charge in [0.25, 0.3) is 5.91 Å². The van der Waals surface area contributed by atoms with E-state index in [1.807, 2.05) is 30.3 Å². The van der Waals surface area contributed by atoms with Gasteiger partial charge in [-0.2, -0.15) is 0 Å². The van der Waals surface area contributed by atoms with Crippen molar-refractivity contribution in [3.05, 3.63) is 71.8 Å². The van der Waals surface area contributed by atoms with Crippen LogP contribution in [-0.2, 0) is 16.0 Å². The molecule has 0 spiro atoms. The molecule has 6 heteroatoms. The summed E-state index contributed by atoms with van der Waals surface area (Å²) in [5.41, 5.74) is 1.57. The highest BCUT2D eigenvalue weighted by molar-refractivity contribution is 5.96. The maximum absolute atomic E-state index is 11.9. The van der Waals surface area contributed by atoms with Gasteiger partial charge in [0.2, 0.25) is 5.91 Å². The molecule has 0 heterocycles. The lowest BCUT2D eigenvalue weighted by Gasteiger charge is -2.15. The molecule has 0 fully saturated rings. The summed E-state index contributed by atoms with van der Waals surface area (Å²) in [6.45, 7) is -0.268. The number of aryl methyl sites for hydroxylation is 1. The van der Waals surface area contributed by atoms with Crippen LogP contribution in [0.2, 0.25) is 0 Å². The Morgan fingerprint density at radius 1 is 0.923 bits per heavy atom. The SMILES string of the molecule is O=C(CNC(=O)c1ccccc1)N[C@@H](CCCc1ccccc1)C(=O)O. The van der Waals surface area contributed by atoms with Gasteiger partial charge >= 0.3 is 5.97 Å². The molecule has 2 amide bonds. The Kier molecular flexibility index (Phi) is 7.36. The van der Waals surface area contributed by atoms with Gasteiger partial charge in [-0.1, -0.05) is 48.5 Å². The van der Waals surface area contributed by atoms with Crippen molar-refractivity contribution in [1.82, 2.24) is 10.6 Å². The normalized spacial score (nSPS) is 11.4. The van der Waals surface area contributed by atoms with Crippen LogP contribution in [0.5, 0.6) is 0 Å². The molecule has 0 saturated heterocycles. The Balaban J connectivity index is 1.76. The number of hydrogen-bond donors (Lipinski definition) is 3. The van der Waals surface area contributed by atoms with Crippen LogP contribution >= 0.6 is 0 Å². The number of hydrogen-bond acceptors (Lipinski definition) is 3. The summed E-state index contributed by atoms with van der Waals surface area (Å²) in [5, 5.41) is 14.2. The summed E-state index contributed by atoms with van der Waals surface area (Å²) in [4.78, 5) is 35.2. The second-order valence-electron chi connectivity index (χ2n) is 5.88. The van der Waals surface area contributed by atoms with Crippen molar-refractivity contribution in [2.24, 2.45) is 0 Å². The molecule has 0 radical (unpaired) electrons. The number of carboxylic acids is 1.